The first-order chi connectivity index (χ1) is 11.2. The zero-order valence-electron chi connectivity index (χ0n) is 14.4. The highest BCUT2D eigenvalue weighted by molar-refractivity contribution is 5.78. The van der Waals surface area contributed by atoms with Crippen LogP contribution in [-0.4, -0.2) is 13.1 Å². The van der Waals surface area contributed by atoms with Gasteiger partial charge in [0.2, 0.25) is 0 Å². The van der Waals surface area contributed by atoms with Crippen molar-refractivity contribution in [2.45, 2.75) is 51.9 Å². The van der Waals surface area contributed by atoms with E-state index in [9.17, 15) is 4.79 Å². The van der Waals surface area contributed by atoms with Crippen LogP contribution in [0.3, 0.4) is 0 Å². The summed E-state index contributed by atoms with van der Waals surface area (Å²) in [5.41, 5.74) is 4.11. The van der Waals surface area contributed by atoms with Crippen LogP contribution >= 0.6 is 0 Å². The van der Waals surface area contributed by atoms with Crippen LogP contribution in [0.5, 0.6) is 0 Å². The third kappa shape index (κ3) is 2.42. The van der Waals surface area contributed by atoms with E-state index in [1.54, 1.807) is 0 Å². The average molecular weight is 312 g/mol. The van der Waals surface area contributed by atoms with Gasteiger partial charge in [0.25, 0.3) is 0 Å². The van der Waals surface area contributed by atoms with Crippen molar-refractivity contribution in [1.29, 1.82) is 0 Å². The lowest BCUT2D eigenvalue weighted by atomic mass is 9.57. The standard InChI is InChI=1S/C21H28O2/c1-13(21(22)23-2)16-10-8-15-9-11-18-17-6-4-3-5-14(17)7-12-19(18)20(15)16/h8-10,13-14,17-19H,3-7,11-12H2,1-2H3. The highest BCUT2D eigenvalue weighted by Crippen LogP contribution is 2.55. The van der Waals surface area contributed by atoms with Gasteiger partial charge in [0, 0.05) is 0 Å². The van der Waals surface area contributed by atoms with Crippen molar-refractivity contribution in [1.82, 2.24) is 0 Å². The van der Waals surface area contributed by atoms with Gasteiger partial charge in [0.1, 0.15) is 0 Å². The molecule has 124 valence electrons. The lowest BCUT2D eigenvalue weighted by Crippen LogP contribution is -2.39. The van der Waals surface area contributed by atoms with E-state index in [-0.39, 0.29) is 11.9 Å². The summed E-state index contributed by atoms with van der Waals surface area (Å²) in [5, 5.41) is 0. The molecule has 4 aliphatic carbocycles. The lowest BCUT2D eigenvalue weighted by Gasteiger charge is -2.48. The fraction of sp³-hybridized carbons (Fsp3) is 0.667. The predicted octanol–water partition coefficient (Wildman–Crippen LogP) is 4.82. The van der Waals surface area contributed by atoms with Crippen molar-refractivity contribution in [3.63, 3.8) is 0 Å². The monoisotopic (exact) mass is 312 g/mol. The molecule has 0 N–H and O–H groups in total. The van der Waals surface area contributed by atoms with Gasteiger partial charge < -0.3 is 4.74 Å². The number of allylic oxidation sites excluding steroid dienone is 5. The molecule has 4 aliphatic rings. The molecule has 0 amide bonds. The molecular formula is C21H28O2. The second kappa shape index (κ2) is 5.96. The van der Waals surface area contributed by atoms with E-state index in [1.165, 1.54) is 68.8 Å². The molecule has 23 heavy (non-hydrogen) atoms. The van der Waals surface area contributed by atoms with Gasteiger partial charge in [-0.3, -0.25) is 4.79 Å². The Morgan fingerprint density at radius 2 is 1.96 bits per heavy atom. The zero-order chi connectivity index (χ0) is 16.0. The second-order valence-corrected chi connectivity index (χ2v) is 7.90. The summed E-state index contributed by atoms with van der Waals surface area (Å²) in [5.74, 6) is 3.13. The quantitative estimate of drug-likeness (QED) is 0.683. The van der Waals surface area contributed by atoms with Gasteiger partial charge in [-0.25, -0.2) is 0 Å². The number of rotatable bonds is 2. The molecule has 0 aromatic heterocycles. The number of esters is 1. The number of hydrogen-bond acceptors (Lipinski definition) is 2. The Morgan fingerprint density at radius 3 is 2.78 bits per heavy atom. The first kappa shape index (κ1) is 15.2. The first-order valence-corrected chi connectivity index (χ1v) is 9.41. The number of fused-ring (bicyclic) bond motifs is 5. The first-order valence-electron chi connectivity index (χ1n) is 9.41. The van der Waals surface area contributed by atoms with E-state index in [1.807, 2.05) is 6.92 Å². The molecule has 0 heterocycles. The van der Waals surface area contributed by atoms with Crippen LogP contribution < -0.4 is 0 Å². The zero-order valence-corrected chi connectivity index (χ0v) is 14.4. The average Bonchev–Trinajstić information content (AvgIpc) is 3.04. The minimum absolute atomic E-state index is 0.105. The Kier molecular flexibility index (Phi) is 3.95. The molecule has 4 rings (SSSR count). The fourth-order valence-corrected chi connectivity index (χ4v) is 5.84. The Hall–Kier alpha value is -1.31. The maximum absolute atomic E-state index is 12.1. The van der Waals surface area contributed by atoms with Crippen molar-refractivity contribution >= 4 is 5.97 Å². The van der Waals surface area contributed by atoms with E-state index in [0.29, 0.717) is 5.92 Å². The Labute approximate surface area is 139 Å². The van der Waals surface area contributed by atoms with E-state index < -0.39 is 0 Å². The predicted molar refractivity (Wildman–Crippen MR) is 91.7 cm³/mol. The van der Waals surface area contributed by atoms with Gasteiger partial charge in [-0.15, -0.1) is 0 Å². The maximum atomic E-state index is 12.1. The molecule has 0 spiro atoms. The molecule has 0 bridgehead atoms. The number of carbonyl (C=O) groups is 1. The molecule has 0 aromatic carbocycles. The molecule has 0 aliphatic heterocycles. The Balaban J connectivity index is 1.68. The summed E-state index contributed by atoms with van der Waals surface area (Å²) >= 11 is 0. The van der Waals surface area contributed by atoms with Crippen molar-refractivity contribution in [3.8, 4) is 0 Å². The summed E-state index contributed by atoms with van der Waals surface area (Å²) in [6, 6.07) is 0. The Bertz CT molecular complexity index is 595. The molecule has 2 heteroatoms. The molecule has 2 saturated carbocycles. The van der Waals surface area contributed by atoms with Crippen molar-refractivity contribution < 1.29 is 9.53 Å². The highest BCUT2D eigenvalue weighted by atomic mass is 16.5. The molecule has 0 radical (unpaired) electrons. The van der Waals surface area contributed by atoms with Crippen LogP contribution in [0, 0.1) is 29.6 Å². The second-order valence-electron chi connectivity index (χ2n) is 7.90. The summed E-state index contributed by atoms with van der Waals surface area (Å²) in [4.78, 5) is 12.1. The number of carbonyl (C=O) groups excluding carboxylic acids is 1. The van der Waals surface area contributed by atoms with Crippen LogP contribution in [0.25, 0.3) is 0 Å². The van der Waals surface area contributed by atoms with Crippen molar-refractivity contribution in [2.24, 2.45) is 29.6 Å². The third-order valence-corrected chi connectivity index (χ3v) is 6.95. The molecule has 0 saturated heterocycles. The normalized spacial score (nSPS) is 36.7. The van der Waals surface area contributed by atoms with Crippen LogP contribution in [0.15, 0.2) is 34.9 Å². The smallest absolute Gasteiger partial charge is 0.312 e. The molecule has 5 unspecified atom stereocenters. The number of hydrogen-bond donors (Lipinski definition) is 0. The van der Waals surface area contributed by atoms with E-state index >= 15 is 0 Å². The number of methoxy groups -OCH3 is 1. The highest BCUT2D eigenvalue weighted by Gasteiger charge is 2.44. The van der Waals surface area contributed by atoms with Crippen LogP contribution in [0.4, 0.5) is 0 Å². The van der Waals surface area contributed by atoms with Crippen LogP contribution in [-0.2, 0) is 9.53 Å². The van der Waals surface area contributed by atoms with Gasteiger partial charge in [-0.05, 0) is 73.0 Å². The van der Waals surface area contributed by atoms with Gasteiger partial charge in [0.05, 0.1) is 13.0 Å². The third-order valence-electron chi connectivity index (χ3n) is 6.95. The molecule has 0 aromatic rings. The largest absolute Gasteiger partial charge is 0.469 e. The van der Waals surface area contributed by atoms with Gasteiger partial charge in [-0.1, -0.05) is 37.5 Å². The van der Waals surface area contributed by atoms with Gasteiger partial charge >= 0.3 is 5.97 Å². The summed E-state index contributed by atoms with van der Waals surface area (Å²) in [7, 11) is 1.50. The number of ether oxygens (including phenoxy) is 1. The minimum atomic E-state index is -0.139. The SMILES string of the molecule is COC(=O)C(C)C1=C2C(=CCC3C2CCC2CCCCC23)C=C1. The fourth-order valence-electron chi connectivity index (χ4n) is 5.84. The Morgan fingerprint density at radius 1 is 1.13 bits per heavy atom. The molecular weight excluding hydrogens is 284 g/mol. The van der Waals surface area contributed by atoms with Crippen LogP contribution in [0.2, 0.25) is 0 Å². The topological polar surface area (TPSA) is 26.3 Å². The van der Waals surface area contributed by atoms with Crippen molar-refractivity contribution in [2.75, 3.05) is 7.11 Å². The van der Waals surface area contributed by atoms with E-state index in [2.05, 4.69) is 18.2 Å². The van der Waals surface area contributed by atoms with E-state index in [4.69, 9.17) is 4.74 Å². The van der Waals surface area contributed by atoms with Crippen LogP contribution in [0.1, 0.15) is 51.9 Å². The molecule has 2 nitrogen and oxygen atoms in total. The summed E-state index contributed by atoms with van der Waals surface area (Å²) in [6.45, 7) is 2.00. The summed E-state index contributed by atoms with van der Waals surface area (Å²) < 4.78 is 5.00. The minimum Gasteiger partial charge on any atom is -0.469 e. The molecule has 5 atom stereocenters. The van der Waals surface area contributed by atoms with Gasteiger partial charge in [-0.2, -0.15) is 0 Å². The molecule has 2 fully saturated rings. The maximum Gasteiger partial charge on any atom is 0.312 e. The lowest BCUT2D eigenvalue weighted by molar-refractivity contribution is -0.143. The summed E-state index contributed by atoms with van der Waals surface area (Å²) in [6.07, 6.45) is 16.5. The van der Waals surface area contributed by atoms with E-state index in [0.717, 1.165) is 17.8 Å². The van der Waals surface area contributed by atoms with Gasteiger partial charge in [0.15, 0.2) is 0 Å². The van der Waals surface area contributed by atoms with Crippen molar-refractivity contribution in [3.05, 3.63) is 34.9 Å².